The van der Waals surface area contributed by atoms with Crippen molar-refractivity contribution in [3.05, 3.63) is 107 Å². The number of rotatable bonds is 8. The third kappa shape index (κ3) is 4.71. The van der Waals surface area contributed by atoms with E-state index in [-0.39, 0.29) is 0 Å². The van der Waals surface area contributed by atoms with E-state index < -0.39 is 0 Å². The number of carbonyl (C=O) groups is 2. The van der Waals surface area contributed by atoms with E-state index in [4.69, 9.17) is 9.05 Å². The average molecular weight is 450 g/mol. The molecule has 3 aromatic carbocycles. The average Bonchev–Trinajstić information content (AvgIpc) is 3.55. The van der Waals surface area contributed by atoms with E-state index in [2.05, 4.69) is 20.3 Å². The van der Waals surface area contributed by atoms with Gasteiger partial charge in [0.15, 0.2) is 0 Å². The van der Waals surface area contributed by atoms with Gasteiger partial charge in [0.2, 0.25) is 23.4 Å². The predicted molar refractivity (Wildman–Crippen MR) is 122 cm³/mol. The van der Waals surface area contributed by atoms with Gasteiger partial charge < -0.3 is 9.05 Å². The third-order valence-electron chi connectivity index (χ3n) is 5.28. The van der Waals surface area contributed by atoms with Gasteiger partial charge in [-0.1, -0.05) is 83.1 Å². The maximum Gasteiger partial charge on any atom is 0.231 e. The summed E-state index contributed by atoms with van der Waals surface area (Å²) in [4.78, 5) is 30.5. The zero-order valence-corrected chi connectivity index (χ0v) is 17.9. The minimum Gasteiger partial charge on any atom is -0.339 e. The molecule has 0 radical (unpaired) electrons. The fourth-order valence-corrected chi connectivity index (χ4v) is 3.43. The quantitative estimate of drug-likeness (QED) is 0.316. The molecule has 0 atom stereocenters. The zero-order chi connectivity index (χ0) is 23.3. The predicted octanol–water partition coefficient (Wildman–Crippen LogP) is 4.59. The first-order valence-electron chi connectivity index (χ1n) is 10.5. The first-order chi connectivity index (χ1) is 16.7. The van der Waals surface area contributed by atoms with E-state index >= 15 is 0 Å². The van der Waals surface area contributed by atoms with Crippen molar-refractivity contribution in [2.45, 2.75) is 12.8 Å². The molecule has 0 saturated carbocycles. The summed E-state index contributed by atoms with van der Waals surface area (Å²) in [6, 6.07) is 22.0. The summed E-state index contributed by atoms with van der Waals surface area (Å²) >= 11 is 0. The molecule has 5 rings (SSSR count). The van der Waals surface area contributed by atoms with Crippen LogP contribution in [-0.4, -0.2) is 32.9 Å². The summed E-state index contributed by atoms with van der Waals surface area (Å²) in [6.07, 6.45) is 2.59. The summed E-state index contributed by atoms with van der Waals surface area (Å²) in [5, 5.41) is 8.06. The number of hydrogen-bond donors (Lipinski definition) is 0. The van der Waals surface area contributed by atoms with E-state index in [0.29, 0.717) is 47.4 Å². The lowest BCUT2D eigenvalue weighted by Crippen LogP contribution is -1.92. The lowest BCUT2D eigenvalue weighted by molar-refractivity contribution is 0.111. The topological polar surface area (TPSA) is 112 Å². The van der Waals surface area contributed by atoms with Crippen molar-refractivity contribution in [1.82, 2.24) is 20.3 Å². The standard InChI is InChI=1S/C26H18N4O4/c31-15-19-5-9-21(10-6-19)25-27-23(33-29-25)13-17-1-2-18(4-3-17)14-24-28-26(30-34-24)22-11-7-20(16-32)8-12-22/h1-12,15-16H,13-14H2. The summed E-state index contributed by atoms with van der Waals surface area (Å²) in [5.41, 5.74) is 4.81. The molecule has 0 aliphatic carbocycles. The molecule has 0 aliphatic heterocycles. The Morgan fingerprint density at radius 1 is 0.559 bits per heavy atom. The molecule has 0 spiro atoms. The summed E-state index contributed by atoms with van der Waals surface area (Å²) in [6.45, 7) is 0. The second-order valence-electron chi connectivity index (χ2n) is 7.67. The highest BCUT2D eigenvalue weighted by Crippen LogP contribution is 2.20. The van der Waals surface area contributed by atoms with Crippen LogP contribution in [0.4, 0.5) is 0 Å². The molecule has 0 unspecified atom stereocenters. The van der Waals surface area contributed by atoms with Crippen LogP contribution in [0.15, 0.2) is 81.8 Å². The monoisotopic (exact) mass is 450 g/mol. The number of hydrogen-bond acceptors (Lipinski definition) is 8. The van der Waals surface area contributed by atoms with Crippen molar-refractivity contribution in [2.75, 3.05) is 0 Å². The van der Waals surface area contributed by atoms with Gasteiger partial charge in [0.25, 0.3) is 0 Å². The van der Waals surface area contributed by atoms with Crippen molar-refractivity contribution in [2.24, 2.45) is 0 Å². The molecule has 0 saturated heterocycles. The molecule has 0 N–H and O–H groups in total. The molecule has 34 heavy (non-hydrogen) atoms. The lowest BCUT2D eigenvalue weighted by atomic mass is 10.1. The SMILES string of the molecule is O=Cc1ccc(-c2noc(Cc3ccc(Cc4nc(-c5ccc(C=O)cc5)no4)cc3)n2)cc1. The van der Waals surface area contributed by atoms with Crippen LogP contribution in [0.25, 0.3) is 22.8 Å². The molecule has 0 fully saturated rings. The first-order valence-corrected chi connectivity index (χ1v) is 10.5. The Hall–Kier alpha value is -4.72. The van der Waals surface area contributed by atoms with Gasteiger partial charge in [-0.25, -0.2) is 0 Å². The Balaban J connectivity index is 1.22. The molecule has 8 nitrogen and oxygen atoms in total. The Morgan fingerprint density at radius 2 is 0.941 bits per heavy atom. The second-order valence-corrected chi connectivity index (χ2v) is 7.67. The summed E-state index contributed by atoms with van der Waals surface area (Å²) in [7, 11) is 0. The van der Waals surface area contributed by atoms with Gasteiger partial charge >= 0.3 is 0 Å². The fraction of sp³-hybridized carbons (Fsp3) is 0.0769. The van der Waals surface area contributed by atoms with Crippen LogP contribution in [0.1, 0.15) is 43.6 Å². The van der Waals surface area contributed by atoms with E-state index in [0.717, 1.165) is 34.8 Å². The van der Waals surface area contributed by atoms with Gasteiger partial charge in [-0.05, 0) is 11.1 Å². The zero-order valence-electron chi connectivity index (χ0n) is 17.9. The van der Waals surface area contributed by atoms with Crippen LogP contribution < -0.4 is 0 Å². The molecule has 2 heterocycles. The van der Waals surface area contributed by atoms with Crippen molar-refractivity contribution in [3.8, 4) is 22.8 Å². The minimum absolute atomic E-state index is 0.483. The van der Waals surface area contributed by atoms with Gasteiger partial charge in [-0.2, -0.15) is 9.97 Å². The number of nitrogens with zero attached hydrogens (tertiary/aromatic N) is 4. The molecule has 0 amide bonds. The highest BCUT2D eigenvalue weighted by Gasteiger charge is 2.12. The number of aromatic nitrogens is 4. The first kappa shape index (κ1) is 21.1. The Labute approximate surface area is 194 Å². The van der Waals surface area contributed by atoms with Crippen LogP contribution in [-0.2, 0) is 12.8 Å². The van der Waals surface area contributed by atoms with Crippen LogP contribution in [0.3, 0.4) is 0 Å². The molecule has 0 aliphatic rings. The highest BCUT2D eigenvalue weighted by atomic mass is 16.5. The Kier molecular flexibility index (Phi) is 5.85. The molecule has 2 aromatic heterocycles. The number of benzene rings is 3. The van der Waals surface area contributed by atoms with E-state index in [1.807, 2.05) is 24.3 Å². The molecular formula is C26H18N4O4. The largest absolute Gasteiger partial charge is 0.339 e. The normalized spacial score (nSPS) is 10.8. The van der Waals surface area contributed by atoms with Crippen LogP contribution in [0, 0.1) is 0 Å². The Morgan fingerprint density at radius 3 is 1.29 bits per heavy atom. The number of aldehydes is 2. The van der Waals surface area contributed by atoms with Crippen LogP contribution in [0.5, 0.6) is 0 Å². The maximum absolute atomic E-state index is 10.8. The minimum atomic E-state index is 0.483. The molecule has 8 heteroatoms. The van der Waals surface area contributed by atoms with E-state index in [1.54, 1.807) is 48.5 Å². The van der Waals surface area contributed by atoms with E-state index in [9.17, 15) is 9.59 Å². The fourth-order valence-electron chi connectivity index (χ4n) is 3.43. The van der Waals surface area contributed by atoms with Crippen LogP contribution >= 0.6 is 0 Å². The van der Waals surface area contributed by atoms with Crippen molar-refractivity contribution < 1.29 is 18.6 Å². The highest BCUT2D eigenvalue weighted by molar-refractivity contribution is 5.76. The van der Waals surface area contributed by atoms with Crippen molar-refractivity contribution >= 4 is 12.6 Å². The molecular weight excluding hydrogens is 432 g/mol. The third-order valence-corrected chi connectivity index (χ3v) is 5.28. The molecule has 166 valence electrons. The Bertz CT molecular complexity index is 1310. The van der Waals surface area contributed by atoms with Gasteiger partial charge in [0.1, 0.15) is 12.6 Å². The van der Waals surface area contributed by atoms with Gasteiger partial charge in [-0.15, -0.1) is 0 Å². The molecule has 0 bridgehead atoms. The lowest BCUT2D eigenvalue weighted by Gasteiger charge is -2.00. The number of carbonyl (C=O) groups excluding carboxylic acids is 2. The smallest absolute Gasteiger partial charge is 0.231 e. The van der Waals surface area contributed by atoms with Crippen LogP contribution in [0.2, 0.25) is 0 Å². The van der Waals surface area contributed by atoms with Gasteiger partial charge in [0, 0.05) is 22.3 Å². The molecule has 5 aromatic rings. The van der Waals surface area contributed by atoms with Crippen molar-refractivity contribution in [3.63, 3.8) is 0 Å². The second kappa shape index (κ2) is 9.41. The van der Waals surface area contributed by atoms with Crippen molar-refractivity contribution in [1.29, 1.82) is 0 Å². The van der Waals surface area contributed by atoms with E-state index in [1.165, 1.54) is 0 Å². The van der Waals surface area contributed by atoms with Gasteiger partial charge in [-0.3, -0.25) is 9.59 Å². The summed E-state index contributed by atoms with van der Waals surface area (Å²) in [5.74, 6) is 1.97. The maximum atomic E-state index is 10.8. The summed E-state index contributed by atoms with van der Waals surface area (Å²) < 4.78 is 10.8. The van der Waals surface area contributed by atoms with Gasteiger partial charge in [0.05, 0.1) is 12.8 Å².